The molecule has 0 aromatic heterocycles. The van der Waals surface area contributed by atoms with Crippen LogP contribution >= 0.6 is 11.8 Å². The Morgan fingerprint density at radius 2 is 2.00 bits per heavy atom. The molecule has 9 heavy (non-hydrogen) atoms. The Morgan fingerprint density at radius 1 is 1.33 bits per heavy atom. The van der Waals surface area contributed by atoms with E-state index < -0.39 is 0 Å². The van der Waals surface area contributed by atoms with Crippen LogP contribution in [-0.4, -0.2) is 17.0 Å². The molecule has 3 heteroatoms. The number of thioether (sulfide) groups is 1. The second kappa shape index (κ2) is 2.90. The fourth-order valence-corrected chi connectivity index (χ4v) is 2.09. The van der Waals surface area contributed by atoms with Crippen LogP contribution in [0.4, 0.5) is 0 Å². The van der Waals surface area contributed by atoms with Gasteiger partial charge in [-0.3, -0.25) is 5.32 Å². The van der Waals surface area contributed by atoms with Crippen molar-refractivity contribution in [2.24, 2.45) is 0 Å². The maximum Gasteiger partial charge on any atom is 0.107 e. The van der Waals surface area contributed by atoms with Gasteiger partial charge < -0.3 is 4.74 Å². The number of hydrogen-bond acceptors (Lipinski definition) is 3. The van der Waals surface area contributed by atoms with Gasteiger partial charge in [0.2, 0.25) is 0 Å². The van der Waals surface area contributed by atoms with Crippen LogP contribution in [-0.2, 0) is 4.74 Å². The van der Waals surface area contributed by atoms with Crippen LogP contribution in [0.5, 0.6) is 0 Å². The Balaban J connectivity index is 2.34. The van der Waals surface area contributed by atoms with Crippen LogP contribution in [0.2, 0.25) is 0 Å². The molecule has 2 nitrogen and oxygen atoms in total. The zero-order valence-electron chi connectivity index (χ0n) is 6.05. The van der Waals surface area contributed by atoms with Crippen molar-refractivity contribution in [1.29, 1.82) is 0 Å². The van der Waals surface area contributed by atoms with E-state index in [0.29, 0.717) is 10.8 Å². The highest BCUT2D eigenvalue weighted by molar-refractivity contribution is 8.00. The molecule has 1 N–H and O–H groups in total. The molecule has 1 aliphatic heterocycles. The van der Waals surface area contributed by atoms with Crippen molar-refractivity contribution < 1.29 is 4.74 Å². The lowest BCUT2D eigenvalue weighted by Gasteiger charge is -2.30. The summed E-state index contributed by atoms with van der Waals surface area (Å²) >= 11 is 1.81. The van der Waals surface area contributed by atoms with Gasteiger partial charge in [-0.1, -0.05) is 0 Å². The molecule has 3 atom stereocenters. The van der Waals surface area contributed by atoms with Gasteiger partial charge in [-0.2, -0.15) is 0 Å². The average Bonchev–Trinajstić information content (AvgIpc) is 1.59. The second-order valence-corrected chi connectivity index (χ2v) is 3.93. The molecule has 0 aromatic rings. The van der Waals surface area contributed by atoms with Gasteiger partial charge in [0, 0.05) is 0 Å². The summed E-state index contributed by atoms with van der Waals surface area (Å²) in [7, 11) is 0. The topological polar surface area (TPSA) is 21.3 Å². The molecular weight excluding hydrogens is 134 g/mol. The smallest absolute Gasteiger partial charge is 0.107 e. The monoisotopic (exact) mass is 147 g/mol. The first-order valence-electron chi connectivity index (χ1n) is 3.25. The fraction of sp³-hybridized carbons (Fsp3) is 1.00. The van der Waals surface area contributed by atoms with Crippen LogP contribution in [0.25, 0.3) is 0 Å². The molecule has 0 amide bonds. The van der Waals surface area contributed by atoms with Gasteiger partial charge in [0.1, 0.15) is 11.7 Å². The summed E-state index contributed by atoms with van der Waals surface area (Å²) in [5.74, 6) is 0. The second-order valence-electron chi connectivity index (χ2n) is 2.29. The Morgan fingerprint density at radius 3 is 2.44 bits per heavy atom. The zero-order valence-corrected chi connectivity index (χ0v) is 6.87. The van der Waals surface area contributed by atoms with Gasteiger partial charge in [-0.15, -0.1) is 11.8 Å². The summed E-state index contributed by atoms with van der Waals surface area (Å²) < 4.78 is 5.41. The van der Waals surface area contributed by atoms with Crippen molar-refractivity contribution in [3.63, 3.8) is 0 Å². The molecule has 3 unspecified atom stereocenters. The van der Waals surface area contributed by atoms with E-state index in [9.17, 15) is 0 Å². The van der Waals surface area contributed by atoms with Crippen LogP contribution in [0.3, 0.4) is 0 Å². The standard InChI is InChI=1S/C6H13NOS/c1-4-7-5(2)9-6(3)8-4/h4-7H,1-3H3. The van der Waals surface area contributed by atoms with Crippen molar-refractivity contribution in [1.82, 2.24) is 5.32 Å². The molecule has 0 radical (unpaired) electrons. The molecule has 1 heterocycles. The van der Waals surface area contributed by atoms with Gasteiger partial charge in [0.15, 0.2) is 0 Å². The largest absolute Gasteiger partial charge is 0.350 e. The van der Waals surface area contributed by atoms with E-state index in [-0.39, 0.29) is 6.23 Å². The highest BCUT2D eigenvalue weighted by Crippen LogP contribution is 2.22. The molecule has 1 aliphatic rings. The molecular formula is C6H13NOS. The Hall–Kier alpha value is 0.270. The van der Waals surface area contributed by atoms with E-state index in [1.165, 1.54) is 0 Å². The van der Waals surface area contributed by atoms with E-state index in [2.05, 4.69) is 19.2 Å². The van der Waals surface area contributed by atoms with Crippen LogP contribution < -0.4 is 5.32 Å². The van der Waals surface area contributed by atoms with Gasteiger partial charge in [0.05, 0.1) is 5.37 Å². The molecule has 54 valence electrons. The van der Waals surface area contributed by atoms with Crippen LogP contribution in [0, 0.1) is 0 Å². The van der Waals surface area contributed by atoms with Gasteiger partial charge in [-0.05, 0) is 20.8 Å². The Labute approximate surface area is 60.3 Å². The predicted molar refractivity (Wildman–Crippen MR) is 40.2 cm³/mol. The molecule has 1 saturated heterocycles. The summed E-state index contributed by atoms with van der Waals surface area (Å²) in [6.45, 7) is 6.27. The maximum atomic E-state index is 5.41. The Kier molecular flexibility index (Phi) is 2.38. The van der Waals surface area contributed by atoms with E-state index in [4.69, 9.17) is 4.74 Å². The fourth-order valence-electron chi connectivity index (χ4n) is 1.02. The quantitative estimate of drug-likeness (QED) is 0.559. The lowest BCUT2D eigenvalue weighted by molar-refractivity contribution is 0.0219. The third kappa shape index (κ3) is 2.16. The highest BCUT2D eigenvalue weighted by atomic mass is 32.2. The summed E-state index contributed by atoms with van der Waals surface area (Å²) in [4.78, 5) is 0. The molecule has 0 saturated carbocycles. The normalized spacial score (nSPS) is 45.0. The highest BCUT2D eigenvalue weighted by Gasteiger charge is 2.19. The van der Waals surface area contributed by atoms with Gasteiger partial charge in [0.25, 0.3) is 0 Å². The zero-order chi connectivity index (χ0) is 6.85. The third-order valence-electron chi connectivity index (χ3n) is 1.26. The molecule has 0 aromatic carbocycles. The van der Waals surface area contributed by atoms with Crippen molar-refractivity contribution in [2.45, 2.75) is 37.8 Å². The lowest BCUT2D eigenvalue weighted by atomic mass is 10.6. The lowest BCUT2D eigenvalue weighted by Crippen LogP contribution is -2.41. The van der Waals surface area contributed by atoms with Crippen molar-refractivity contribution >= 4 is 11.8 Å². The van der Waals surface area contributed by atoms with Crippen molar-refractivity contribution in [3.05, 3.63) is 0 Å². The number of nitrogens with one attached hydrogen (secondary N) is 1. The summed E-state index contributed by atoms with van der Waals surface area (Å²) in [5, 5.41) is 3.78. The number of ether oxygens (including phenoxy) is 1. The molecule has 0 bridgehead atoms. The molecule has 1 fully saturated rings. The first-order valence-corrected chi connectivity index (χ1v) is 4.20. The van der Waals surface area contributed by atoms with Crippen molar-refractivity contribution in [3.8, 4) is 0 Å². The van der Waals surface area contributed by atoms with E-state index >= 15 is 0 Å². The average molecular weight is 147 g/mol. The molecule has 0 spiro atoms. The van der Waals surface area contributed by atoms with E-state index in [1.807, 2.05) is 18.7 Å². The third-order valence-corrected chi connectivity index (χ3v) is 2.30. The number of rotatable bonds is 0. The maximum absolute atomic E-state index is 5.41. The first-order chi connectivity index (χ1) is 4.18. The summed E-state index contributed by atoms with van der Waals surface area (Å²) in [5.41, 5.74) is 0.344. The minimum atomic E-state index is 0.219. The SMILES string of the molecule is CC1NC(C)SC(C)O1. The van der Waals surface area contributed by atoms with E-state index in [1.54, 1.807) is 0 Å². The van der Waals surface area contributed by atoms with E-state index in [0.717, 1.165) is 0 Å². The predicted octanol–water partition coefficient (Wildman–Crippen LogP) is 1.38. The minimum absolute atomic E-state index is 0.219. The van der Waals surface area contributed by atoms with Gasteiger partial charge in [-0.25, -0.2) is 0 Å². The molecule has 1 rings (SSSR count). The first kappa shape index (κ1) is 7.38. The minimum Gasteiger partial charge on any atom is -0.350 e. The number of hydrogen-bond donors (Lipinski definition) is 1. The van der Waals surface area contributed by atoms with Crippen LogP contribution in [0.15, 0.2) is 0 Å². The Bertz CT molecular complexity index is 74.0. The van der Waals surface area contributed by atoms with Gasteiger partial charge >= 0.3 is 0 Å². The summed E-state index contributed by atoms with van der Waals surface area (Å²) in [6, 6.07) is 0. The molecule has 0 aliphatic carbocycles. The van der Waals surface area contributed by atoms with Crippen LogP contribution in [0.1, 0.15) is 20.8 Å². The van der Waals surface area contributed by atoms with Crippen molar-refractivity contribution in [2.75, 3.05) is 0 Å². The summed E-state index contributed by atoms with van der Waals surface area (Å²) in [6.07, 6.45) is 0.219.